The lowest BCUT2D eigenvalue weighted by atomic mass is 10.2. The standard InChI is InChI=1S/C15H22ClNO2/c1-10-7-14(5-6-15(10)16)19-9-13(18)8-17-11(2)12-3-4-12/h5-7,11-13,17-18H,3-4,8-9H2,1-2H3/t11-,13+/m1/s1. The van der Waals surface area contributed by atoms with Crippen LogP contribution in [-0.4, -0.2) is 30.4 Å². The van der Waals surface area contributed by atoms with E-state index in [2.05, 4.69) is 12.2 Å². The van der Waals surface area contributed by atoms with Crippen molar-refractivity contribution in [2.75, 3.05) is 13.2 Å². The number of rotatable bonds is 7. The molecule has 1 saturated carbocycles. The minimum atomic E-state index is -0.489. The summed E-state index contributed by atoms with van der Waals surface area (Å²) in [7, 11) is 0. The highest BCUT2D eigenvalue weighted by Gasteiger charge is 2.27. The molecule has 0 aromatic heterocycles. The molecule has 4 heteroatoms. The van der Waals surface area contributed by atoms with Gasteiger partial charge in [0, 0.05) is 17.6 Å². The van der Waals surface area contributed by atoms with Gasteiger partial charge in [0.05, 0.1) is 0 Å². The Balaban J connectivity index is 1.70. The predicted molar refractivity (Wildman–Crippen MR) is 77.9 cm³/mol. The maximum Gasteiger partial charge on any atom is 0.119 e. The Labute approximate surface area is 119 Å². The molecule has 3 nitrogen and oxygen atoms in total. The lowest BCUT2D eigenvalue weighted by Crippen LogP contribution is -2.37. The number of nitrogens with one attached hydrogen (secondary N) is 1. The summed E-state index contributed by atoms with van der Waals surface area (Å²) in [5.74, 6) is 1.54. The van der Waals surface area contributed by atoms with Gasteiger partial charge >= 0.3 is 0 Å². The Kier molecular flexibility index (Phi) is 5.08. The fourth-order valence-corrected chi connectivity index (χ4v) is 2.16. The lowest BCUT2D eigenvalue weighted by molar-refractivity contribution is 0.103. The molecule has 0 spiro atoms. The molecule has 0 unspecified atom stereocenters. The molecule has 1 aromatic carbocycles. The Hall–Kier alpha value is -0.770. The molecule has 2 N–H and O–H groups in total. The molecule has 0 radical (unpaired) electrons. The maximum atomic E-state index is 9.87. The van der Waals surface area contributed by atoms with Crippen LogP contribution in [0.1, 0.15) is 25.3 Å². The molecule has 0 bridgehead atoms. The number of ether oxygens (including phenoxy) is 1. The third-order valence-electron chi connectivity index (χ3n) is 3.58. The molecule has 106 valence electrons. The van der Waals surface area contributed by atoms with Crippen molar-refractivity contribution < 1.29 is 9.84 Å². The molecule has 0 saturated heterocycles. The summed E-state index contributed by atoms with van der Waals surface area (Å²) >= 11 is 5.95. The average molecular weight is 284 g/mol. The second kappa shape index (κ2) is 6.60. The van der Waals surface area contributed by atoms with Crippen LogP contribution < -0.4 is 10.1 Å². The third kappa shape index (κ3) is 4.68. The first-order valence-corrected chi connectivity index (χ1v) is 7.24. The molecular formula is C15H22ClNO2. The zero-order valence-corrected chi connectivity index (χ0v) is 12.3. The average Bonchev–Trinajstić information content (AvgIpc) is 3.21. The third-order valence-corrected chi connectivity index (χ3v) is 4.00. The van der Waals surface area contributed by atoms with Gasteiger partial charge in [0.15, 0.2) is 0 Å². The zero-order valence-electron chi connectivity index (χ0n) is 11.5. The summed E-state index contributed by atoms with van der Waals surface area (Å²) in [5, 5.41) is 14.0. The first-order valence-electron chi connectivity index (χ1n) is 6.86. The molecule has 1 aliphatic rings. The van der Waals surface area contributed by atoms with E-state index in [0.717, 1.165) is 22.3 Å². The number of hydrogen-bond donors (Lipinski definition) is 2. The number of halogens is 1. The van der Waals surface area contributed by atoms with Crippen LogP contribution in [0.2, 0.25) is 5.02 Å². The van der Waals surface area contributed by atoms with Crippen LogP contribution in [0.3, 0.4) is 0 Å². The van der Waals surface area contributed by atoms with Gasteiger partial charge in [-0.1, -0.05) is 11.6 Å². The van der Waals surface area contributed by atoms with Gasteiger partial charge in [-0.2, -0.15) is 0 Å². The summed E-state index contributed by atoms with van der Waals surface area (Å²) < 4.78 is 5.56. The van der Waals surface area contributed by atoms with Crippen LogP contribution in [-0.2, 0) is 0 Å². The Morgan fingerprint density at radius 2 is 2.21 bits per heavy atom. The Bertz CT molecular complexity index is 421. The zero-order chi connectivity index (χ0) is 13.8. The van der Waals surface area contributed by atoms with E-state index in [1.165, 1.54) is 12.8 Å². The van der Waals surface area contributed by atoms with Crippen molar-refractivity contribution in [3.8, 4) is 5.75 Å². The minimum absolute atomic E-state index is 0.297. The van der Waals surface area contributed by atoms with Crippen LogP contribution in [0.25, 0.3) is 0 Å². The van der Waals surface area contributed by atoms with Crippen LogP contribution in [0.15, 0.2) is 18.2 Å². The van der Waals surface area contributed by atoms with Crippen molar-refractivity contribution in [3.63, 3.8) is 0 Å². The second-order valence-corrected chi connectivity index (χ2v) is 5.82. The fraction of sp³-hybridized carbons (Fsp3) is 0.600. The van der Waals surface area contributed by atoms with E-state index in [-0.39, 0.29) is 0 Å². The largest absolute Gasteiger partial charge is 0.491 e. The van der Waals surface area contributed by atoms with Crippen molar-refractivity contribution in [2.24, 2.45) is 5.92 Å². The minimum Gasteiger partial charge on any atom is -0.491 e. The molecule has 0 heterocycles. The molecule has 2 rings (SSSR count). The summed E-state index contributed by atoms with van der Waals surface area (Å²) in [5.41, 5.74) is 0.981. The summed E-state index contributed by atoms with van der Waals surface area (Å²) in [6.07, 6.45) is 2.13. The van der Waals surface area contributed by atoms with E-state index < -0.39 is 6.10 Å². The first kappa shape index (κ1) is 14.6. The van der Waals surface area contributed by atoms with Gasteiger partial charge in [0.1, 0.15) is 18.5 Å². The van der Waals surface area contributed by atoms with Crippen molar-refractivity contribution >= 4 is 11.6 Å². The predicted octanol–water partition coefficient (Wildman–Crippen LogP) is 2.78. The van der Waals surface area contributed by atoms with E-state index in [0.29, 0.717) is 19.2 Å². The molecule has 0 aliphatic heterocycles. The van der Waals surface area contributed by atoms with Gasteiger partial charge in [-0.15, -0.1) is 0 Å². The second-order valence-electron chi connectivity index (χ2n) is 5.41. The van der Waals surface area contributed by atoms with E-state index >= 15 is 0 Å². The van der Waals surface area contributed by atoms with Crippen LogP contribution in [0.5, 0.6) is 5.75 Å². The molecular weight excluding hydrogens is 262 g/mol. The highest BCUT2D eigenvalue weighted by atomic mass is 35.5. The van der Waals surface area contributed by atoms with E-state index in [4.69, 9.17) is 16.3 Å². The summed E-state index contributed by atoms with van der Waals surface area (Å²) in [6, 6.07) is 6.01. The summed E-state index contributed by atoms with van der Waals surface area (Å²) in [4.78, 5) is 0. The maximum absolute atomic E-state index is 9.87. The van der Waals surface area contributed by atoms with E-state index in [9.17, 15) is 5.11 Å². The van der Waals surface area contributed by atoms with Gasteiger partial charge in [-0.05, 0) is 56.4 Å². The number of aryl methyl sites for hydroxylation is 1. The molecule has 2 atom stereocenters. The number of aliphatic hydroxyl groups excluding tert-OH is 1. The van der Waals surface area contributed by atoms with Crippen LogP contribution in [0, 0.1) is 12.8 Å². The lowest BCUT2D eigenvalue weighted by Gasteiger charge is -2.17. The Morgan fingerprint density at radius 1 is 1.47 bits per heavy atom. The quantitative estimate of drug-likeness (QED) is 0.808. The van der Waals surface area contributed by atoms with Crippen molar-refractivity contribution in [1.82, 2.24) is 5.32 Å². The van der Waals surface area contributed by atoms with Crippen molar-refractivity contribution in [2.45, 2.75) is 38.8 Å². The monoisotopic (exact) mass is 283 g/mol. The number of aliphatic hydroxyl groups is 1. The van der Waals surface area contributed by atoms with Crippen molar-refractivity contribution in [1.29, 1.82) is 0 Å². The molecule has 1 aliphatic carbocycles. The van der Waals surface area contributed by atoms with Gasteiger partial charge in [-0.25, -0.2) is 0 Å². The van der Waals surface area contributed by atoms with Gasteiger partial charge < -0.3 is 15.2 Å². The van der Waals surface area contributed by atoms with Gasteiger partial charge in [0.2, 0.25) is 0 Å². The van der Waals surface area contributed by atoms with E-state index in [1.54, 1.807) is 0 Å². The Morgan fingerprint density at radius 3 is 2.84 bits per heavy atom. The molecule has 0 amide bonds. The summed E-state index contributed by atoms with van der Waals surface area (Å²) in [6.45, 7) is 4.98. The highest BCUT2D eigenvalue weighted by molar-refractivity contribution is 6.31. The molecule has 1 fully saturated rings. The fourth-order valence-electron chi connectivity index (χ4n) is 2.04. The normalized spacial score (nSPS) is 18.1. The van der Waals surface area contributed by atoms with Gasteiger partial charge in [0.25, 0.3) is 0 Å². The van der Waals surface area contributed by atoms with E-state index in [1.807, 2.05) is 25.1 Å². The molecule has 1 aromatic rings. The number of benzene rings is 1. The van der Waals surface area contributed by atoms with Crippen LogP contribution in [0.4, 0.5) is 0 Å². The topological polar surface area (TPSA) is 41.5 Å². The smallest absolute Gasteiger partial charge is 0.119 e. The number of hydrogen-bond acceptors (Lipinski definition) is 3. The molecule has 19 heavy (non-hydrogen) atoms. The SMILES string of the molecule is Cc1cc(OC[C@@H](O)CN[C@H](C)C2CC2)ccc1Cl. The van der Waals surface area contributed by atoms with Crippen molar-refractivity contribution in [3.05, 3.63) is 28.8 Å². The van der Waals surface area contributed by atoms with Gasteiger partial charge in [-0.3, -0.25) is 0 Å². The highest BCUT2D eigenvalue weighted by Crippen LogP contribution is 2.32. The van der Waals surface area contributed by atoms with Crippen LogP contribution >= 0.6 is 11.6 Å². The first-order chi connectivity index (χ1) is 9.06.